The Labute approximate surface area is 93.2 Å². The summed E-state index contributed by atoms with van der Waals surface area (Å²) in [7, 11) is 0. The van der Waals surface area contributed by atoms with E-state index in [9.17, 15) is 9.18 Å². The predicted molar refractivity (Wildman–Crippen MR) is 60.9 cm³/mol. The zero-order valence-corrected chi connectivity index (χ0v) is 8.87. The fraction of sp³-hybridized carbons (Fsp3) is 0.364. The van der Waals surface area contributed by atoms with E-state index in [1.807, 2.05) is 4.90 Å². The Morgan fingerprint density at radius 1 is 1.50 bits per heavy atom. The van der Waals surface area contributed by atoms with Crippen molar-refractivity contribution in [1.82, 2.24) is 0 Å². The van der Waals surface area contributed by atoms with E-state index >= 15 is 0 Å². The van der Waals surface area contributed by atoms with E-state index in [1.165, 1.54) is 12.1 Å². The van der Waals surface area contributed by atoms with Crippen LogP contribution in [0.15, 0.2) is 18.2 Å². The molecule has 16 heavy (non-hydrogen) atoms. The second kappa shape index (κ2) is 4.49. The van der Waals surface area contributed by atoms with E-state index < -0.39 is 0 Å². The molecule has 86 valence electrons. The molecule has 0 radical (unpaired) electrons. The van der Waals surface area contributed by atoms with Crippen molar-refractivity contribution in [3.05, 3.63) is 24.0 Å². The fourth-order valence-electron chi connectivity index (χ4n) is 1.80. The molecule has 5 heteroatoms. The molecule has 0 saturated carbocycles. The van der Waals surface area contributed by atoms with Crippen molar-refractivity contribution in [1.29, 1.82) is 0 Å². The molecule has 1 aromatic rings. The highest BCUT2D eigenvalue weighted by molar-refractivity contribution is 6.01. The number of nitrogens with zero attached hydrogens (tertiary/aromatic N) is 1. The molecule has 1 aromatic carbocycles. The lowest BCUT2D eigenvalue weighted by Crippen LogP contribution is -2.39. The van der Waals surface area contributed by atoms with Gasteiger partial charge in [-0.1, -0.05) is 0 Å². The Kier molecular flexibility index (Phi) is 3.05. The van der Waals surface area contributed by atoms with Crippen LogP contribution in [0.4, 0.5) is 15.8 Å². The number of anilines is 2. The van der Waals surface area contributed by atoms with Gasteiger partial charge in [-0.25, -0.2) is 4.39 Å². The zero-order chi connectivity index (χ0) is 11.5. The van der Waals surface area contributed by atoms with Crippen molar-refractivity contribution in [3.63, 3.8) is 0 Å². The van der Waals surface area contributed by atoms with Crippen LogP contribution >= 0.6 is 0 Å². The highest BCUT2D eigenvalue weighted by atomic mass is 19.1. The molecule has 1 heterocycles. The second-order valence-corrected chi connectivity index (χ2v) is 3.77. The van der Waals surface area contributed by atoms with Crippen LogP contribution in [0.5, 0.6) is 0 Å². The van der Waals surface area contributed by atoms with Gasteiger partial charge in [-0.05, 0) is 31.2 Å². The molecule has 1 aliphatic heterocycles. The molecule has 1 aliphatic rings. The van der Waals surface area contributed by atoms with Gasteiger partial charge < -0.3 is 16.0 Å². The monoisotopic (exact) mass is 223 g/mol. The molecule has 0 bridgehead atoms. The average molecular weight is 223 g/mol. The molecular formula is C11H14FN3O. The number of nitrogens with one attached hydrogen (secondary N) is 1. The first-order valence-corrected chi connectivity index (χ1v) is 5.25. The minimum atomic E-state index is -0.298. The quantitative estimate of drug-likeness (QED) is 0.801. The summed E-state index contributed by atoms with van der Waals surface area (Å²) in [6.45, 7) is 1.49. The molecule has 4 nitrogen and oxygen atoms in total. The lowest BCUT2D eigenvalue weighted by molar-refractivity contribution is -0.115. The molecule has 0 fully saturated rings. The predicted octanol–water partition coefficient (Wildman–Crippen LogP) is 0.933. The van der Waals surface area contributed by atoms with Gasteiger partial charge in [0.25, 0.3) is 0 Å². The number of nitrogens with two attached hydrogens (primary N) is 1. The molecule has 3 N–H and O–H groups in total. The lowest BCUT2D eigenvalue weighted by atomic mass is 10.2. The zero-order valence-electron chi connectivity index (χ0n) is 8.87. The van der Waals surface area contributed by atoms with Crippen LogP contribution in [0.3, 0.4) is 0 Å². The minimum absolute atomic E-state index is 0.0730. The number of hydrogen-bond donors (Lipinski definition) is 2. The summed E-state index contributed by atoms with van der Waals surface area (Å²) < 4.78 is 13.1. The number of carbonyl (C=O) groups excluding carboxylic acids is 1. The van der Waals surface area contributed by atoms with Crippen LogP contribution in [-0.4, -0.2) is 25.5 Å². The van der Waals surface area contributed by atoms with Gasteiger partial charge in [0.1, 0.15) is 5.82 Å². The number of benzene rings is 1. The first-order valence-electron chi connectivity index (χ1n) is 5.25. The van der Waals surface area contributed by atoms with Crippen molar-refractivity contribution < 1.29 is 9.18 Å². The highest BCUT2D eigenvalue weighted by Crippen LogP contribution is 2.29. The maximum Gasteiger partial charge on any atom is 0.243 e. The molecule has 0 aliphatic carbocycles. The number of hydrogen-bond acceptors (Lipinski definition) is 3. The largest absolute Gasteiger partial charge is 0.360 e. The van der Waals surface area contributed by atoms with Gasteiger partial charge in [0, 0.05) is 6.54 Å². The van der Waals surface area contributed by atoms with Crippen LogP contribution in [-0.2, 0) is 4.79 Å². The maximum atomic E-state index is 13.1. The van der Waals surface area contributed by atoms with Crippen LogP contribution < -0.4 is 16.0 Å². The number of rotatable bonds is 3. The van der Waals surface area contributed by atoms with Crippen molar-refractivity contribution >= 4 is 17.3 Å². The van der Waals surface area contributed by atoms with E-state index in [2.05, 4.69) is 5.32 Å². The molecule has 0 saturated heterocycles. The number of fused-ring (bicyclic) bond motifs is 1. The summed E-state index contributed by atoms with van der Waals surface area (Å²) in [4.78, 5) is 13.3. The molecule has 0 atom stereocenters. The molecule has 0 aromatic heterocycles. The van der Waals surface area contributed by atoms with Crippen molar-refractivity contribution in [2.24, 2.45) is 5.73 Å². The Morgan fingerprint density at radius 3 is 3.06 bits per heavy atom. The van der Waals surface area contributed by atoms with Crippen molar-refractivity contribution in [3.8, 4) is 0 Å². The van der Waals surface area contributed by atoms with Crippen LogP contribution in [0.25, 0.3) is 0 Å². The highest BCUT2D eigenvalue weighted by Gasteiger charge is 2.21. The van der Waals surface area contributed by atoms with Gasteiger partial charge in [-0.3, -0.25) is 4.79 Å². The van der Waals surface area contributed by atoms with Gasteiger partial charge in [0.15, 0.2) is 0 Å². The van der Waals surface area contributed by atoms with Crippen molar-refractivity contribution in [2.45, 2.75) is 6.42 Å². The Balaban J connectivity index is 2.28. The molecule has 0 spiro atoms. The lowest BCUT2D eigenvalue weighted by Gasteiger charge is -2.30. The normalized spacial score (nSPS) is 14.6. The Hall–Kier alpha value is -1.62. The average Bonchev–Trinajstić information content (AvgIpc) is 2.26. The molecular weight excluding hydrogens is 209 g/mol. The Morgan fingerprint density at radius 2 is 2.31 bits per heavy atom. The molecule has 0 unspecified atom stereocenters. The SMILES string of the molecule is NCCCN1CC(=O)Nc2ccc(F)cc21. The van der Waals surface area contributed by atoms with E-state index in [0.29, 0.717) is 18.8 Å². The number of carbonyl (C=O) groups is 1. The van der Waals surface area contributed by atoms with Gasteiger partial charge in [-0.2, -0.15) is 0 Å². The third-order valence-electron chi connectivity index (χ3n) is 2.54. The third-order valence-corrected chi connectivity index (χ3v) is 2.54. The summed E-state index contributed by atoms with van der Waals surface area (Å²) >= 11 is 0. The molecule has 2 rings (SSSR count). The molecule has 1 amide bonds. The fourth-order valence-corrected chi connectivity index (χ4v) is 1.80. The van der Waals surface area contributed by atoms with E-state index in [-0.39, 0.29) is 18.3 Å². The van der Waals surface area contributed by atoms with E-state index in [4.69, 9.17) is 5.73 Å². The van der Waals surface area contributed by atoms with Crippen LogP contribution in [0, 0.1) is 5.82 Å². The topological polar surface area (TPSA) is 58.4 Å². The second-order valence-electron chi connectivity index (χ2n) is 3.77. The summed E-state index contributed by atoms with van der Waals surface area (Å²) in [6, 6.07) is 4.36. The third kappa shape index (κ3) is 2.14. The van der Waals surface area contributed by atoms with Gasteiger partial charge in [0.2, 0.25) is 5.91 Å². The smallest absolute Gasteiger partial charge is 0.243 e. The number of amides is 1. The van der Waals surface area contributed by atoms with Gasteiger partial charge in [0.05, 0.1) is 17.9 Å². The minimum Gasteiger partial charge on any atom is -0.360 e. The summed E-state index contributed by atoms with van der Waals surface area (Å²) in [5.41, 5.74) is 6.82. The summed E-state index contributed by atoms with van der Waals surface area (Å²) in [5, 5.41) is 2.71. The van der Waals surface area contributed by atoms with Crippen LogP contribution in [0.2, 0.25) is 0 Å². The van der Waals surface area contributed by atoms with E-state index in [0.717, 1.165) is 12.1 Å². The Bertz CT molecular complexity index is 408. The van der Waals surface area contributed by atoms with E-state index in [1.54, 1.807) is 6.07 Å². The standard InChI is InChI=1S/C11H14FN3O/c12-8-2-3-9-10(6-8)15(5-1-4-13)7-11(16)14-9/h2-3,6H,1,4-5,7,13H2,(H,14,16). The summed E-state index contributed by atoms with van der Waals surface area (Å²) in [5.74, 6) is -0.372. The van der Waals surface area contributed by atoms with Crippen LogP contribution in [0.1, 0.15) is 6.42 Å². The maximum absolute atomic E-state index is 13.1. The summed E-state index contributed by atoms with van der Waals surface area (Å²) in [6.07, 6.45) is 0.781. The van der Waals surface area contributed by atoms with Gasteiger partial charge >= 0.3 is 0 Å². The number of halogens is 1. The first-order chi connectivity index (χ1) is 7.70. The van der Waals surface area contributed by atoms with Crippen molar-refractivity contribution in [2.75, 3.05) is 29.9 Å². The van der Waals surface area contributed by atoms with Gasteiger partial charge in [-0.15, -0.1) is 0 Å². The first kappa shape index (κ1) is 10.9.